The minimum atomic E-state index is -0.832. The van der Waals surface area contributed by atoms with Gasteiger partial charge in [0.15, 0.2) is 0 Å². The predicted octanol–water partition coefficient (Wildman–Crippen LogP) is 4.63. The SMILES string of the molecule is CCN(c1ccccc1)c1ccc(CNC(Cc2ccccc2)C(=O)O)cc1. The molecule has 1 atom stereocenters. The van der Waals surface area contributed by atoms with Crippen molar-refractivity contribution >= 4 is 17.3 Å². The Kier molecular flexibility index (Phi) is 6.82. The largest absolute Gasteiger partial charge is 0.480 e. The van der Waals surface area contributed by atoms with Crippen LogP contribution in [-0.4, -0.2) is 23.7 Å². The summed E-state index contributed by atoms with van der Waals surface area (Å²) in [4.78, 5) is 13.8. The number of carboxylic acids is 1. The van der Waals surface area contributed by atoms with Gasteiger partial charge in [-0.05, 0) is 48.7 Å². The van der Waals surface area contributed by atoms with Gasteiger partial charge < -0.3 is 15.3 Å². The van der Waals surface area contributed by atoms with E-state index < -0.39 is 12.0 Å². The number of aliphatic carboxylic acids is 1. The standard InChI is InChI=1S/C24H26N2O2/c1-2-26(21-11-7-4-8-12-21)22-15-13-20(14-16-22)18-25-23(24(27)28)17-19-9-5-3-6-10-19/h3-16,23,25H,2,17-18H2,1H3,(H,27,28). The molecular formula is C24H26N2O2. The fraction of sp³-hybridized carbons (Fsp3) is 0.208. The second kappa shape index (κ2) is 9.72. The fourth-order valence-electron chi connectivity index (χ4n) is 3.25. The Bertz CT molecular complexity index is 864. The van der Waals surface area contributed by atoms with Crippen molar-refractivity contribution in [1.82, 2.24) is 5.32 Å². The number of carbonyl (C=O) groups is 1. The van der Waals surface area contributed by atoms with Gasteiger partial charge in [-0.2, -0.15) is 0 Å². The number of rotatable bonds is 9. The second-order valence-corrected chi connectivity index (χ2v) is 6.71. The first kappa shape index (κ1) is 19.6. The third-order valence-electron chi connectivity index (χ3n) is 4.77. The van der Waals surface area contributed by atoms with E-state index in [2.05, 4.69) is 53.5 Å². The predicted molar refractivity (Wildman–Crippen MR) is 114 cm³/mol. The third-order valence-corrected chi connectivity index (χ3v) is 4.77. The normalized spacial score (nSPS) is 11.8. The van der Waals surface area contributed by atoms with Gasteiger partial charge in [-0.15, -0.1) is 0 Å². The number of para-hydroxylation sites is 1. The molecule has 0 heterocycles. The van der Waals surface area contributed by atoms with E-state index in [0.29, 0.717) is 13.0 Å². The highest BCUT2D eigenvalue weighted by Gasteiger charge is 2.17. The van der Waals surface area contributed by atoms with Gasteiger partial charge >= 0.3 is 5.97 Å². The summed E-state index contributed by atoms with van der Waals surface area (Å²) in [5.41, 5.74) is 4.35. The van der Waals surface area contributed by atoms with Gasteiger partial charge in [0.2, 0.25) is 0 Å². The summed E-state index contributed by atoms with van der Waals surface area (Å²) in [5, 5.41) is 12.7. The number of benzene rings is 3. The van der Waals surface area contributed by atoms with Crippen molar-refractivity contribution in [3.8, 4) is 0 Å². The number of hydrogen-bond acceptors (Lipinski definition) is 3. The lowest BCUT2D eigenvalue weighted by molar-refractivity contribution is -0.139. The van der Waals surface area contributed by atoms with Crippen LogP contribution in [0.25, 0.3) is 0 Å². The first-order valence-electron chi connectivity index (χ1n) is 9.59. The average molecular weight is 374 g/mol. The van der Waals surface area contributed by atoms with Crippen molar-refractivity contribution in [2.45, 2.75) is 25.9 Å². The molecule has 0 aromatic heterocycles. The molecule has 0 saturated heterocycles. The molecule has 3 aromatic rings. The Labute approximate surface area is 166 Å². The maximum Gasteiger partial charge on any atom is 0.321 e. The molecule has 0 saturated carbocycles. The van der Waals surface area contributed by atoms with E-state index >= 15 is 0 Å². The Morgan fingerprint density at radius 1 is 0.857 bits per heavy atom. The van der Waals surface area contributed by atoms with Gasteiger partial charge in [-0.1, -0.05) is 60.7 Å². The van der Waals surface area contributed by atoms with Crippen LogP contribution in [0.4, 0.5) is 11.4 Å². The number of nitrogens with one attached hydrogen (secondary N) is 1. The van der Waals surface area contributed by atoms with Gasteiger partial charge in [-0.25, -0.2) is 0 Å². The van der Waals surface area contributed by atoms with Gasteiger partial charge in [0.1, 0.15) is 6.04 Å². The molecule has 144 valence electrons. The molecule has 0 spiro atoms. The van der Waals surface area contributed by atoms with E-state index in [1.807, 2.05) is 48.5 Å². The fourth-order valence-corrected chi connectivity index (χ4v) is 3.25. The van der Waals surface area contributed by atoms with Gasteiger partial charge in [0.05, 0.1) is 0 Å². The molecule has 0 fully saturated rings. The lowest BCUT2D eigenvalue weighted by Crippen LogP contribution is -2.38. The summed E-state index contributed by atoms with van der Waals surface area (Å²) in [7, 11) is 0. The van der Waals surface area contributed by atoms with Crippen molar-refractivity contribution in [2.24, 2.45) is 0 Å². The summed E-state index contributed by atoms with van der Waals surface area (Å²) in [6.45, 7) is 3.52. The Morgan fingerprint density at radius 2 is 1.43 bits per heavy atom. The third kappa shape index (κ3) is 5.21. The molecule has 2 N–H and O–H groups in total. The molecule has 0 bridgehead atoms. The molecule has 0 aliphatic rings. The Morgan fingerprint density at radius 3 is 2.00 bits per heavy atom. The summed E-state index contributed by atoms with van der Waals surface area (Å²) < 4.78 is 0. The van der Waals surface area contributed by atoms with Crippen LogP contribution < -0.4 is 10.2 Å². The van der Waals surface area contributed by atoms with E-state index in [4.69, 9.17) is 0 Å². The van der Waals surface area contributed by atoms with Crippen LogP contribution in [-0.2, 0) is 17.8 Å². The van der Waals surface area contributed by atoms with Crippen LogP contribution in [0.15, 0.2) is 84.9 Å². The highest BCUT2D eigenvalue weighted by Crippen LogP contribution is 2.25. The molecule has 0 amide bonds. The summed E-state index contributed by atoms with van der Waals surface area (Å²) in [6, 6.07) is 27.6. The Hall–Kier alpha value is -3.11. The maximum absolute atomic E-state index is 11.6. The Balaban J connectivity index is 1.63. The zero-order valence-corrected chi connectivity index (χ0v) is 16.1. The quantitative estimate of drug-likeness (QED) is 0.573. The second-order valence-electron chi connectivity index (χ2n) is 6.71. The maximum atomic E-state index is 11.6. The van der Waals surface area contributed by atoms with Crippen LogP contribution in [0.1, 0.15) is 18.1 Å². The van der Waals surface area contributed by atoms with Crippen molar-refractivity contribution in [2.75, 3.05) is 11.4 Å². The van der Waals surface area contributed by atoms with Crippen LogP contribution in [0.2, 0.25) is 0 Å². The molecular weight excluding hydrogens is 348 g/mol. The molecule has 4 heteroatoms. The molecule has 28 heavy (non-hydrogen) atoms. The molecule has 0 radical (unpaired) electrons. The lowest BCUT2D eigenvalue weighted by Gasteiger charge is -2.23. The number of nitrogens with zero attached hydrogens (tertiary/aromatic N) is 1. The molecule has 3 aromatic carbocycles. The van der Waals surface area contributed by atoms with Crippen LogP contribution in [0.5, 0.6) is 0 Å². The molecule has 0 aliphatic carbocycles. The number of hydrogen-bond donors (Lipinski definition) is 2. The molecule has 3 rings (SSSR count). The van der Waals surface area contributed by atoms with E-state index in [1.54, 1.807) is 0 Å². The van der Waals surface area contributed by atoms with E-state index in [0.717, 1.165) is 29.0 Å². The van der Waals surface area contributed by atoms with E-state index in [9.17, 15) is 9.90 Å². The van der Waals surface area contributed by atoms with Crippen LogP contribution in [0.3, 0.4) is 0 Å². The average Bonchev–Trinajstić information content (AvgIpc) is 2.74. The summed E-state index contributed by atoms with van der Waals surface area (Å²) in [6.07, 6.45) is 0.464. The van der Waals surface area contributed by atoms with Gasteiger partial charge in [0.25, 0.3) is 0 Å². The van der Waals surface area contributed by atoms with Crippen molar-refractivity contribution in [3.05, 3.63) is 96.1 Å². The zero-order chi connectivity index (χ0) is 19.8. The monoisotopic (exact) mass is 374 g/mol. The lowest BCUT2D eigenvalue weighted by atomic mass is 10.1. The summed E-state index contributed by atoms with van der Waals surface area (Å²) in [5.74, 6) is -0.832. The van der Waals surface area contributed by atoms with E-state index in [1.165, 1.54) is 0 Å². The topological polar surface area (TPSA) is 52.6 Å². The van der Waals surface area contributed by atoms with Crippen LogP contribution in [0, 0.1) is 0 Å². The zero-order valence-electron chi connectivity index (χ0n) is 16.1. The molecule has 4 nitrogen and oxygen atoms in total. The highest BCUT2D eigenvalue weighted by atomic mass is 16.4. The van der Waals surface area contributed by atoms with Crippen molar-refractivity contribution in [1.29, 1.82) is 0 Å². The first-order valence-corrected chi connectivity index (χ1v) is 9.59. The molecule has 0 aliphatic heterocycles. The van der Waals surface area contributed by atoms with Crippen LogP contribution >= 0.6 is 0 Å². The number of anilines is 2. The van der Waals surface area contributed by atoms with Crippen molar-refractivity contribution in [3.63, 3.8) is 0 Å². The van der Waals surface area contributed by atoms with Gasteiger partial charge in [-0.3, -0.25) is 4.79 Å². The van der Waals surface area contributed by atoms with Gasteiger partial charge in [0, 0.05) is 24.5 Å². The first-order chi connectivity index (χ1) is 13.7. The van der Waals surface area contributed by atoms with Crippen molar-refractivity contribution < 1.29 is 9.90 Å². The minimum absolute atomic E-state index is 0.464. The number of carboxylic acid groups (broad SMARTS) is 1. The van der Waals surface area contributed by atoms with E-state index in [-0.39, 0.29) is 0 Å². The molecule has 1 unspecified atom stereocenters. The summed E-state index contributed by atoms with van der Waals surface area (Å²) >= 11 is 0. The highest BCUT2D eigenvalue weighted by molar-refractivity contribution is 5.74. The smallest absolute Gasteiger partial charge is 0.321 e. The minimum Gasteiger partial charge on any atom is -0.480 e.